The summed E-state index contributed by atoms with van der Waals surface area (Å²) in [5.74, 6) is 1.00. The van der Waals surface area contributed by atoms with Crippen molar-refractivity contribution >= 4 is 28.9 Å². The highest BCUT2D eigenvalue weighted by atomic mass is 35.5. The molecule has 1 aliphatic heterocycles. The molecule has 132 valence electrons. The standard InChI is InChI=1S/C19H23ClN4O/c1-13(24-10-9-14-5-3-4-6-17(14)24)12-22-19(21)23-15-7-8-18(25-2)16(20)11-15/h3-8,11,13H,9-10,12H2,1-2H3,(H3,21,22,23). The van der Waals surface area contributed by atoms with Crippen LogP contribution in [0.15, 0.2) is 47.5 Å². The number of ether oxygens (including phenoxy) is 1. The minimum absolute atomic E-state index is 0.281. The maximum atomic E-state index is 6.12. The van der Waals surface area contributed by atoms with E-state index in [0.717, 1.165) is 18.7 Å². The first-order chi connectivity index (χ1) is 12.1. The number of anilines is 2. The number of nitrogens with one attached hydrogen (secondary N) is 1. The van der Waals surface area contributed by atoms with Crippen molar-refractivity contribution in [2.45, 2.75) is 19.4 Å². The van der Waals surface area contributed by atoms with E-state index in [1.54, 1.807) is 19.2 Å². The predicted octanol–water partition coefficient (Wildman–Crippen LogP) is 3.53. The summed E-state index contributed by atoms with van der Waals surface area (Å²) in [4.78, 5) is 6.86. The van der Waals surface area contributed by atoms with E-state index in [4.69, 9.17) is 22.1 Å². The molecule has 0 aromatic heterocycles. The monoisotopic (exact) mass is 358 g/mol. The van der Waals surface area contributed by atoms with Crippen LogP contribution in [0.25, 0.3) is 0 Å². The van der Waals surface area contributed by atoms with Gasteiger partial charge in [-0.15, -0.1) is 0 Å². The van der Waals surface area contributed by atoms with Gasteiger partial charge in [0.05, 0.1) is 18.7 Å². The van der Waals surface area contributed by atoms with Crippen LogP contribution in [0.5, 0.6) is 5.75 Å². The highest BCUT2D eigenvalue weighted by Crippen LogP contribution is 2.29. The van der Waals surface area contributed by atoms with Gasteiger partial charge in [-0.05, 0) is 43.2 Å². The molecule has 2 aromatic rings. The smallest absolute Gasteiger partial charge is 0.193 e. The van der Waals surface area contributed by atoms with E-state index < -0.39 is 0 Å². The summed E-state index contributed by atoms with van der Waals surface area (Å²) in [5, 5.41) is 3.60. The Bertz CT molecular complexity index is 778. The number of hydrogen-bond donors (Lipinski definition) is 2. The number of guanidine groups is 1. The molecule has 1 heterocycles. The van der Waals surface area contributed by atoms with Crippen molar-refractivity contribution in [2.75, 3.05) is 30.4 Å². The lowest BCUT2D eigenvalue weighted by Gasteiger charge is -2.26. The molecule has 0 saturated heterocycles. The van der Waals surface area contributed by atoms with E-state index in [0.29, 0.717) is 23.3 Å². The lowest BCUT2D eigenvalue weighted by atomic mass is 10.2. The molecule has 0 saturated carbocycles. The predicted molar refractivity (Wildman–Crippen MR) is 105 cm³/mol. The summed E-state index contributed by atoms with van der Waals surface area (Å²) in [6.07, 6.45) is 1.09. The first kappa shape index (κ1) is 17.4. The number of halogens is 1. The summed E-state index contributed by atoms with van der Waals surface area (Å²) in [7, 11) is 1.59. The minimum Gasteiger partial charge on any atom is -0.495 e. The summed E-state index contributed by atoms with van der Waals surface area (Å²) in [6, 6.07) is 14.2. The van der Waals surface area contributed by atoms with Gasteiger partial charge in [0, 0.05) is 24.0 Å². The van der Waals surface area contributed by atoms with Gasteiger partial charge in [0.1, 0.15) is 5.75 Å². The Hall–Kier alpha value is -2.40. The zero-order valence-electron chi connectivity index (χ0n) is 14.5. The molecule has 1 aliphatic rings. The second-order valence-electron chi connectivity index (χ2n) is 6.12. The fourth-order valence-electron chi connectivity index (χ4n) is 3.08. The first-order valence-electron chi connectivity index (χ1n) is 8.33. The van der Waals surface area contributed by atoms with Crippen LogP contribution in [0.3, 0.4) is 0 Å². The molecule has 1 unspecified atom stereocenters. The fourth-order valence-corrected chi connectivity index (χ4v) is 3.34. The number of aliphatic imine (C=N–C) groups is 1. The number of fused-ring (bicyclic) bond motifs is 1. The molecule has 3 N–H and O–H groups in total. The zero-order valence-corrected chi connectivity index (χ0v) is 15.3. The number of methoxy groups -OCH3 is 1. The van der Waals surface area contributed by atoms with Gasteiger partial charge in [-0.1, -0.05) is 29.8 Å². The second kappa shape index (κ2) is 7.66. The van der Waals surface area contributed by atoms with Gasteiger partial charge >= 0.3 is 0 Å². The van der Waals surface area contributed by atoms with Gasteiger partial charge in [-0.2, -0.15) is 0 Å². The number of nitrogens with two attached hydrogens (primary N) is 1. The summed E-state index contributed by atoms with van der Waals surface area (Å²) in [5.41, 5.74) is 9.50. The minimum atomic E-state index is 0.281. The molecule has 0 bridgehead atoms. The molecular weight excluding hydrogens is 336 g/mol. The molecule has 0 amide bonds. The van der Waals surface area contributed by atoms with Crippen LogP contribution < -0.4 is 20.7 Å². The largest absolute Gasteiger partial charge is 0.495 e. The van der Waals surface area contributed by atoms with Gasteiger partial charge in [-0.3, -0.25) is 4.99 Å². The number of benzene rings is 2. The molecule has 3 rings (SSSR count). The van der Waals surface area contributed by atoms with Crippen LogP contribution in [0, 0.1) is 0 Å². The van der Waals surface area contributed by atoms with Gasteiger partial charge < -0.3 is 20.7 Å². The maximum absolute atomic E-state index is 6.12. The average molecular weight is 359 g/mol. The van der Waals surface area contributed by atoms with E-state index >= 15 is 0 Å². The molecule has 5 nitrogen and oxygen atoms in total. The third-order valence-electron chi connectivity index (χ3n) is 4.41. The highest BCUT2D eigenvalue weighted by Gasteiger charge is 2.22. The zero-order chi connectivity index (χ0) is 17.8. The normalized spacial score (nSPS) is 15.0. The maximum Gasteiger partial charge on any atom is 0.193 e. The Kier molecular flexibility index (Phi) is 5.34. The van der Waals surface area contributed by atoms with E-state index in [9.17, 15) is 0 Å². The number of hydrogen-bond acceptors (Lipinski definition) is 3. The summed E-state index contributed by atoms with van der Waals surface area (Å²) >= 11 is 6.12. The van der Waals surface area contributed by atoms with E-state index in [2.05, 4.69) is 46.4 Å². The molecule has 2 aromatic carbocycles. The van der Waals surface area contributed by atoms with Crippen LogP contribution in [-0.4, -0.2) is 32.2 Å². The van der Waals surface area contributed by atoms with E-state index in [1.165, 1.54) is 11.3 Å². The Morgan fingerprint density at radius 2 is 2.16 bits per heavy atom. The van der Waals surface area contributed by atoms with E-state index in [-0.39, 0.29) is 6.04 Å². The molecular formula is C19H23ClN4O. The lowest BCUT2D eigenvalue weighted by molar-refractivity contribution is 0.415. The van der Waals surface area contributed by atoms with Crippen molar-refractivity contribution in [3.05, 3.63) is 53.1 Å². The van der Waals surface area contributed by atoms with Crippen molar-refractivity contribution in [1.29, 1.82) is 0 Å². The summed E-state index contributed by atoms with van der Waals surface area (Å²) in [6.45, 7) is 3.82. The Labute approximate surface area is 153 Å². The third-order valence-corrected chi connectivity index (χ3v) is 4.70. The molecule has 0 spiro atoms. The van der Waals surface area contributed by atoms with Crippen LogP contribution in [0.4, 0.5) is 11.4 Å². The van der Waals surface area contributed by atoms with Gasteiger partial charge in [0.2, 0.25) is 0 Å². The average Bonchev–Trinajstić information content (AvgIpc) is 3.04. The lowest BCUT2D eigenvalue weighted by Crippen LogP contribution is -2.35. The highest BCUT2D eigenvalue weighted by molar-refractivity contribution is 6.32. The van der Waals surface area contributed by atoms with Crippen molar-refractivity contribution in [3.8, 4) is 5.75 Å². The first-order valence-corrected chi connectivity index (χ1v) is 8.71. The molecule has 6 heteroatoms. The summed E-state index contributed by atoms with van der Waals surface area (Å²) < 4.78 is 5.14. The number of para-hydroxylation sites is 1. The molecule has 0 aliphatic carbocycles. The number of rotatable bonds is 5. The number of nitrogens with zero attached hydrogens (tertiary/aromatic N) is 2. The van der Waals surface area contributed by atoms with Crippen molar-refractivity contribution < 1.29 is 4.74 Å². The van der Waals surface area contributed by atoms with Crippen molar-refractivity contribution in [2.24, 2.45) is 10.7 Å². The van der Waals surface area contributed by atoms with Crippen LogP contribution >= 0.6 is 11.6 Å². The third kappa shape index (κ3) is 3.99. The second-order valence-corrected chi connectivity index (χ2v) is 6.53. The fraction of sp³-hybridized carbons (Fsp3) is 0.316. The van der Waals surface area contributed by atoms with Crippen molar-refractivity contribution in [1.82, 2.24) is 0 Å². The molecule has 0 fully saturated rings. The Morgan fingerprint density at radius 3 is 2.92 bits per heavy atom. The SMILES string of the molecule is COc1ccc(NC(N)=NCC(C)N2CCc3ccccc32)cc1Cl. The quantitative estimate of drug-likeness (QED) is 0.634. The van der Waals surface area contributed by atoms with Crippen molar-refractivity contribution in [3.63, 3.8) is 0 Å². The Morgan fingerprint density at radius 1 is 1.36 bits per heavy atom. The molecule has 0 radical (unpaired) electrons. The van der Waals surface area contributed by atoms with Crippen LogP contribution in [-0.2, 0) is 6.42 Å². The Balaban J connectivity index is 1.61. The van der Waals surface area contributed by atoms with Crippen LogP contribution in [0.1, 0.15) is 12.5 Å². The molecule has 1 atom stereocenters. The van der Waals surface area contributed by atoms with E-state index in [1.807, 2.05) is 6.07 Å². The topological polar surface area (TPSA) is 62.9 Å². The molecule has 25 heavy (non-hydrogen) atoms. The van der Waals surface area contributed by atoms with Gasteiger partial charge in [0.15, 0.2) is 5.96 Å². The van der Waals surface area contributed by atoms with Gasteiger partial charge in [-0.25, -0.2) is 0 Å². The van der Waals surface area contributed by atoms with Crippen LogP contribution in [0.2, 0.25) is 5.02 Å². The van der Waals surface area contributed by atoms with Gasteiger partial charge in [0.25, 0.3) is 0 Å².